The van der Waals surface area contributed by atoms with Gasteiger partial charge in [-0.1, -0.05) is 6.07 Å². The molecule has 1 unspecified atom stereocenters. The number of rotatable bonds is 7. The summed E-state index contributed by atoms with van der Waals surface area (Å²) in [6.45, 7) is 5.63. The van der Waals surface area contributed by atoms with Crippen molar-refractivity contribution in [2.24, 2.45) is 10.9 Å². The van der Waals surface area contributed by atoms with E-state index in [2.05, 4.69) is 59.0 Å². The number of nitrogens with zero attached hydrogens (tertiary/aromatic N) is 3. The molecular formula is C19H33N5OS. The van der Waals surface area contributed by atoms with Crippen LogP contribution in [0, 0.1) is 5.92 Å². The summed E-state index contributed by atoms with van der Waals surface area (Å²) in [4.78, 5) is 22.4. The van der Waals surface area contributed by atoms with Gasteiger partial charge in [0, 0.05) is 38.0 Å². The van der Waals surface area contributed by atoms with Gasteiger partial charge in [-0.05, 0) is 51.2 Å². The molecule has 6 nitrogen and oxygen atoms in total. The Hall–Kier alpha value is -1.60. The number of guanidine groups is 1. The van der Waals surface area contributed by atoms with Crippen LogP contribution in [0.4, 0.5) is 0 Å². The number of likely N-dealkylation sites (tertiary alicyclic amines) is 1. The minimum absolute atomic E-state index is 0.147. The van der Waals surface area contributed by atoms with Gasteiger partial charge in [0.15, 0.2) is 5.96 Å². The minimum Gasteiger partial charge on any atom is -0.359 e. The van der Waals surface area contributed by atoms with Crippen LogP contribution in [0.25, 0.3) is 0 Å². The maximum atomic E-state index is 11.6. The molecule has 146 valence electrons. The van der Waals surface area contributed by atoms with Crippen molar-refractivity contribution in [1.29, 1.82) is 0 Å². The molecule has 2 rings (SSSR count). The zero-order valence-electron chi connectivity index (χ0n) is 16.5. The molecule has 26 heavy (non-hydrogen) atoms. The molecule has 1 atom stereocenters. The second-order valence-corrected chi connectivity index (χ2v) is 7.98. The number of nitrogens with one attached hydrogen (secondary N) is 2. The van der Waals surface area contributed by atoms with E-state index in [4.69, 9.17) is 4.99 Å². The lowest BCUT2D eigenvalue weighted by atomic mass is 9.93. The van der Waals surface area contributed by atoms with Crippen molar-refractivity contribution >= 4 is 23.2 Å². The van der Waals surface area contributed by atoms with Gasteiger partial charge in [-0.15, -0.1) is 11.3 Å². The summed E-state index contributed by atoms with van der Waals surface area (Å²) in [5, 5.41) is 8.29. The standard InChI is InChI=1S/C19H33N5OS/c1-5-21-19(22-14-16(23(3)4)17-7-6-12-26-17)24-10-8-15(9-11-24)13-18(25)20-2/h6-7,12,15-16H,5,8-11,13-14H2,1-4H3,(H,20,25)(H,21,22). The Morgan fingerprint density at radius 3 is 2.69 bits per heavy atom. The number of piperidine rings is 1. The zero-order chi connectivity index (χ0) is 18.9. The van der Waals surface area contributed by atoms with E-state index in [1.54, 1.807) is 18.4 Å². The Morgan fingerprint density at radius 2 is 2.15 bits per heavy atom. The third-order valence-electron chi connectivity index (χ3n) is 4.91. The second-order valence-electron chi connectivity index (χ2n) is 7.00. The molecule has 0 bridgehead atoms. The highest BCUT2D eigenvalue weighted by atomic mass is 32.1. The highest BCUT2D eigenvalue weighted by Gasteiger charge is 2.23. The third kappa shape index (κ3) is 5.99. The smallest absolute Gasteiger partial charge is 0.220 e. The average molecular weight is 380 g/mol. The molecule has 2 heterocycles. The minimum atomic E-state index is 0.147. The Labute approximate surface area is 161 Å². The lowest BCUT2D eigenvalue weighted by molar-refractivity contribution is -0.121. The second kappa shape index (κ2) is 10.5. The zero-order valence-corrected chi connectivity index (χ0v) is 17.3. The number of amides is 1. The summed E-state index contributed by atoms with van der Waals surface area (Å²) in [5.41, 5.74) is 0. The fourth-order valence-electron chi connectivity index (χ4n) is 3.30. The average Bonchev–Trinajstić information content (AvgIpc) is 3.15. The van der Waals surface area contributed by atoms with E-state index in [1.807, 2.05) is 0 Å². The van der Waals surface area contributed by atoms with E-state index in [0.29, 0.717) is 18.4 Å². The number of carbonyl (C=O) groups excluding carboxylic acids is 1. The Balaban J connectivity index is 1.97. The van der Waals surface area contributed by atoms with E-state index in [1.165, 1.54) is 4.88 Å². The van der Waals surface area contributed by atoms with E-state index < -0.39 is 0 Å². The first-order valence-electron chi connectivity index (χ1n) is 9.48. The SMILES string of the molecule is CCNC(=NCC(c1cccs1)N(C)C)N1CCC(CC(=O)NC)CC1. The van der Waals surface area contributed by atoms with Crippen LogP contribution in [0.2, 0.25) is 0 Å². The lowest BCUT2D eigenvalue weighted by Crippen LogP contribution is -2.46. The van der Waals surface area contributed by atoms with Crippen LogP contribution in [-0.4, -0.2) is 69.0 Å². The van der Waals surface area contributed by atoms with E-state index in [0.717, 1.165) is 45.0 Å². The maximum Gasteiger partial charge on any atom is 0.220 e. The molecule has 0 spiro atoms. The lowest BCUT2D eigenvalue weighted by Gasteiger charge is -2.34. The molecule has 2 N–H and O–H groups in total. The fourth-order valence-corrected chi connectivity index (χ4v) is 4.21. The predicted molar refractivity (Wildman–Crippen MR) is 110 cm³/mol. The van der Waals surface area contributed by atoms with Gasteiger partial charge in [-0.25, -0.2) is 0 Å². The molecule has 0 radical (unpaired) electrons. The maximum absolute atomic E-state index is 11.6. The van der Waals surface area contributed by atoms with Gasteiger partial charge in [0.2, 0.25) is 5.91 Å². The molecule has 7 heteroatoms. The Kier molecular flexibility index (Phi) is 8.38. The van der Waals surface area contributed by atoms with Gasteiger partial charge in [-0.3, -0.25) is 9.79 Å². The fraction of sp³-hybridized carbons (Fsp3) is 0.684. The highest BCUT2D eigenvalue weighted by Crippen LogP contribution is 2.24. The van der Waals surface area contributed by atoms with Crippen molar-refractivity contribution in [3.05, 3.63) is 22.4 Å². The van der Waals surface area contributed by atoms with Crippen LogP contribution in [0.1, 0.15) is 37.1 Å². The molecule has 1 fully saturated rings. The van der Waals surface area contributed by atoms with E-state index >= 15 is 0 Å². The number of likely N-dealkylation sites (N-methyl/N-ethyl adjacent to an activating group) is 1. The first kappa shape index (κ1) is 20.7. The number of hydrogen-bond donors (Lipinski definition) is 2. The van der Waals surface area contributed by atoms with Crippen LogP contribution in [0.15, 0.2) is 22.5 Å². The largest absolute Gasteiger partial charge is 0.359 e. The van der Waals surface area contributed by atoms with Crippen LogP contribution in [0.5, 0.6) is 0 Å². The molecule has 1 aliphatic heterocycles. The van der Waals surface area contributed by atoms with Gasteiger partial charge < -0.3 is 20.4 Å². The first-order valence-corrected chi connectivity index (χ1v) is 10.4. The first-order chi connectivity index (χ1) is 12.5. The summed E-state index contributed by atoms with van der Waals surface area (Å²) < 4.78 is 0. The van der Waals surface area contributed by atoms with Crippen molar-refractivity contribution < 1.29 is 4.79 Å². The number of thiophene rings is 1. The van der Waals surface area contributed by atoms with Gasteiger partial charge in [0.1, 0.15) is 0 Å². The van der Waals surface area contributed by atoms with Crippen molar-refractivity contribution in [1.82, 2.24) is 20.4 Å². The summed E-state index contributed by atoms with van der Waals surface area (Å²) in [5.74, 6) is 1.62. The number of carbonyl (C=O) groups is 1. The summed E-state index contributed by atoms with van der Waals surface area (Å²) in [6.07, 6.45) is 2.72. The molecule has 1 aliphatic rings. The van der Waals surface area contributed by atoms with E-state index in [-0.39, 0.29) is 5.91 Å². The molecule has 0 aliphatic carbocycles. The van der Waals surface area contributed by atoms with Gasteiger partial charge in [-0.2, -0.15) is 0 Å². The van der Waals surface area contributed by atoms with Crippen LogP contribution < -0.4 is 10.6 Å². The van der Waals surface area contributed by atoms with Crippen molar-refractivity contribution in [3.8, 4) is 0 Å². The summed E-state index contributed by atoms with van der Waals surface area (Å²) in [6, 6.07) is 4.58. The molecule has 1 aromatic rings. The predicted octanol–water partition coefficient (Wildman–Crippen LogP) is 2.16. The molecular weight excluding hydrogens is 346 g/mol. The number of aliphatic imine (C=N–C) groups is 1. The Morgan fingerprint density at radius 1 is 1.42 bits per heavy atom. The molecule has 0 saturated carbocycles. The van der Waals surface area contributed by atoms with Gasteiger partial charge >= 0.3 is 0 Å². The van der Waals surface area contributed by atoms with Crippen LogP contribution >= 0.6 is 11.3 Å². The van der Waals surface area contributed by atoms with Crippen molar-refractivity contribution in [2.45, 2.75) is 32.2 Å². The van der Waals surface area contributed by atoms with Crippen LogP contribution in [-0.2, 0) is 4.79 Å². The molecule has 1 amide bonds. The quantitative estimate of drug-likeness (QED) is 0.563. The van der Waals surface area contributed by atoms with Gasteiger partial charge in [0.05, 0.1) is 12.6 Å². The monoisotopic (exact) mass is 379 g/mol. The summed E-state index contributed by atoms with van der Waals surface area (Å²) in [7, 11) is 5.93. The summed E-state index contributed by atoms with van der Waals surface area (Å²) >= 11 is 1.79. The van der Waals surface area contributed by atoms with Crippen molar-refractivity contribution in [2.75, 3.05) is 47.3 Å². The highest BCUT2D eigenvalue weighted by molar-refractivity contribution is 7.10. The normalized spacial score (nSPS) is 17.4. The Bertz CT molecular complexity index is 564. The van der Waals surface area contributed by atoms with Crippen molar-refractivity contribution in [3.63, 3.8) is 0 Å². The van der Waals surface area contributed by atoms with Gasteiger partial charge in [0.25, 0.3) is 0 Å². The van der Waals surface area contributed by atoms with E-state index in [9.17, 15) is 4.79 Å². The molecule has 1 saturated heterocycles. The topological polar surface area (TPSA) is 60.0 Å². The molecule has 0 aromatic carbocycles. The van der Waals surface area contributed by atoms with Crippen LogP contribution in [0.3, 0.4) is 0 Å². The molecule has 1 aromatic heterocycles. The third-order valence-corrected chi connectivity index (χ3v) is 5.88. The number of hydrogen-bond acceptors (Lipinski definition) is 4.